The highest BCUT2D eigenvalue weighted by atomic mass is 79.9. The van der Waals surface area contributed by atoms with E-state index in [1.807, 2.05) is 12.1 Å². The van der Waals surface area contributed by atoms with E-state index in [9.17, 15) is 10.2 Å². The first kappa shape index (κ1) is 16.4. The smallest absolute Gasteiger partial charge is 0.166 e. The minimum atomic E-state index is 0.0126. The van der Waals surface area contributed by atoms with Crippen LogP contribution in [0.25, 0.3) is 0 Å². The lowest BCUT2D eigenvalue weighted by Crippen LogP contribution is -1.89. The second kappa shape index (κ2) is 7.31. The van der Waals surface area contributed by atoms with Gasteiger partial charge in [0.05, 0.1) is 7.11 Å². The SMILES string of the molecule is CCCc1ccc(O)c(/N=C/c2cc(Br)cc(OC)c2O)c1. The molecule has 0 aliphatic rings. The number of aromatic hydroxyl groups is 2. The van der Waals surface area contributed by atoms with E-state index in [2.05, 4.69) is 27.8 Å². The molecule has 0 radical (unpaired) electrons. The monoisotopic (exact) mass is 363 g/mol. The molecule has 4 nitrogen and oxygen atoms in total. The van der Waals surface area contributed by atoms with E-state index in [4.69, 9.17) is 4.74 Å². The lowest BCUT2D eigenvalue weighted by Gasteiger charge is -2.07. The van der Waals surface area contributed by atoms with Crippen LogP contribution in [0, 0.1) is 0 Å². The molecule has 0 fully saturated rings. The molecule has 0 aromatic heterocycles. The Morgan fingerprint density at radius 2 is 2.00 bits per heavy atom. The summed E-state index contributed by atoms with van der Waals surface area (Å²) in [4.78, 5) is 4.28. The molecule has 0 saturated carbocycles. The van der Waals surface area contributed by atoms with E-state index in [1.54, 1.807) is 18.2 Å². The van der Waals surface area contributed by atoms with Crippen molar-refractivity contribution in [2.24, 2.45) is 4.99 Å². The fourth-order valence-electron chi connectivity index (χ4n) is 2.10. The third kappa shape index (κ3) is 3.80. The number of phenolic OH excluding ortho intramolecular Hbond substituents is 2. The number of aliphatic imine (C=N–C) groups is 1. The van der Waals surface area contributed by atoms with Crippen LogP contribution >= 0.6 is 15.9 Å². The molecule has 2 aromatic carbocycles. The molecule has 116 valence electrons. The molecule has 0 aliphatic heterocycles. The van der Waals surface area contributed by atoms with Crippen LogP contribution in [0.15, 0.2) is 39.8 Å². The molecule has 0 amide bonds. The van der Waals surface area contributed by atoms with Crippen LogP contribution in [-0.2, 0) is 6.42 Å². The van der Waals surface area contributed by atoms with Crippen molar-refractivity contribution < 1.29 is 14.9 Å². The van der Waals surface area contributed by atoms with Gasteiger partial charge in [-0.25, -0.2) is 0 Å². The highest BCUT2D eigenvalue weighted by molar-refractivity contribution is 9.10. The van der Waals surface area contributed by atoms with Gasteiger partial charge >= 0.3 is 0 Å². The van der Waals surface area contributed by atoms with Gasteiger partial charge < -0.3 is 14.9 Å². The quantitative estimate of drug-likeness (QED) is 0.764. The first-order chi connectivity index (χ1) is 10.5. The van der Waals surface area contributed by atoms with Gasteiger partial charge in [-0.2, -0.15) is 0 Å². The predicted octanol–water partition coefficient (Wildman–Crippen LogP) is 4.57. The zero-order chi connectivity index (χ0) is 16.1. The van der Waals surface area contributed by atoms with Gasteiger partial charge in [0.2, 0.25) is 0 Å². The summed E-state index contributed by atoms with van der Waals surface area (Å²) in [5.41, 5.74) is 2.10. The Kier molecular flexibility index (Phi) is 5.44. The van der Waals surface area contributed by atoms with Crippen LogP contribution in [0.3, 0.4) is 0 Å². The summed E-state index contributed by atoms with van der Waals surface area (Å²) < 4.78 is 5.87. The second-order valence-corrected chi connectivity index (χ2v) is 5.79. The Morgan fingerprint density at radius 3 is 2.68 bits per heavy atom. The van der Waals surface area contributed by atoms with Gasteiger partial charge in [0.25, 0.3) is 0 Å². The van der Waals surface area contributed by atoms with Crippen molar-refractivity contribution in [1.82, 2.24) is 0 Å². The number of nitrogens with zero attached hydrogens (tertiary/aromatic N) is 1. The van der Waals surface area contributed by atoms with Gasteiger partial charge in [0.1, 0.15) is 11.4 Å². The van der Waals surface area contributed by atoms with Crippen molar-refractivity contribution in [1.29, 1.82) is 0 Å². The van der Waals surface area contributed by atoms with E-state index < -0.39 is 0 Å². The molecule has 0 unspecified atom stereocenters. The molecule has 0 spiro atoms. The summed E-state index contributed by atoms with van der Waals surface area (Å²) in [5.74, 6) is 0.482. The van der Waals surface area contributed by atoms with Crippen LogP contribution < -0.4 is 4.74 Å². The van der Waals surface area contributed by atoms with Gasteiger partial charge in [-0.3, -0.25) is 4.99 Å². The minimum absolute atomic E-state index is 0.0126. The number of halogens is 1. The molecular weight excluding hydrogens is 346 g/mol. The van der Waals surface area contributed by atoms with Crippen molar-refractivity contribution in [3.63, 3.8) is 0 Å². The number of methoxy groups -OCH3 is 1. The molecule has 2 N–H and O–H groups in total. The molecule has 0 heterocycles. The largest absolute Gasteiger partial charge is 0.506 e. The summed E-state index contributed by atoms with van der Waals surface area (Å²) >= 11 is 3.36. The Hall–Kier alpha value is -2.01. The third-order valence-corrected chi connectivity index (χ3v) is 3.67. The fraction of sp³-hybridized carbons (Fsp3) is 0.235. The van der Waals surface area contributed by atoms with E-state index >= 15 is 0 Å². The van der Waals surface area contributed by atoms with Crippen LogP contribution in [-0.4, -0.2) is 23.5 Å². The molecule has 5 heteroatoms. The van der Waals surface area contributed by atoms with Crippen molar-refractivity contribution >= 4 is 27.8 Å². The Balaban J connectivity index is 2.36. The van der Waals surface area contributed by atoms with Gasteiger partial charge in [0, 0.05) is 16.3 Å². The van der Waals surface area contributed by atoms with E-state index in [0.29, 0.717) is 17.0 Å². The zero-order valence-electron chi connectivity index (χ0n) is 12.5. The number of hydrogen-bond donors (Lipinski definition) is 2. The highest BCUT2D eigenvalue weighted by Gasteiger charge is 2.08. The zero-order valence-corrected chi connectivity index (χ0v) is 14.1. The normalized spacial score (nSPS) is 11.0. The number of phenols is 2. The van der Waals surface area contributed by atoms with Crippen molar-refractivity contribution in [3.05, 3.63) is 45.9 Å². The Labute approximate surface area is 138 Å². The second-order valence-electron chi connectivity index (χ2n) is 4.88. The van der Waals surface area contributed by atoms with Gasteiger partial charge in [-0.1, -0.05) is 35.3 Å². The average Bonchev–Trinajstić information content (AvgIpc) is 2.50. The molecule has 2 aromatic rings. The number of ether oxygens (including phenoxy) is 1. The summed E-state index contributed by atoms with van der Waals surface area (Å²) in [6, 6.07) is 8.78. The molecule has 22 heavy (non-hydrogen) atoms. The van der Waals surface area contributed by atoms with Gasteiger partial charge in [0.15, 0.2) is 11.5 Å². The van der Waals surface area contributed by atoms with E-state index in [1.165, 1.54) is 13.3 Å². The summed E-state index contributed by atoms with van der Waals surface area (Å²) in [7, 11) is 1.49. The van der Waals surface area contributed by atoms with Crippen molar-refractivity contribution in [3.8, 4) is 17.2 Å². The molecule has 0 atom stereocenters. The lowest BCUT2D eigenvalue weighted by atomic mass is 10.1. The molecule has 2 rings (SSSR count). The summed E-state index contributed by atoms with van der Waals surface area (Å²) in [6.07, 6.45) is 3.46. The van der Waals surface area contributed by atoms with Crippen LogP contribution in [0.4, 0.5) is 5.69 Å². The third-order valence-electron chi connectivity index (χ3n) is 3.21. The van der Waals surface area contributed by atoms with Crippen molar-refractivity contribution in [2.75, 3.05) is 7.11 Å². The highest BCUT2D eigenvalue weighted by Crippen LogP contribution is 2.34. The summed E-state index contributed by atoms with van der Waals surface area (Å²) in [5, 5.41) is 20.0. The molecule has 0 bridgehead atoms. The van der Waals surface area contributed by atoms with Crippen LogP contribution in [0.5, 0.6) is 17.2 Å². The molecule has 0 aliphatic carbocycles. The first-order valence-electron chi connectivity index (χ1n) is 6.97. The number of hydrogen-bond acceptors (Lipinski definition) is 4. The fourth-order valence-corrected chi connectivity index (χ4v) is 2.56. The standard InChI is InChI=1S/C17H18BrNO3/c1-3-4-11-5-6-15(20)14(7-11)19-10-12-8-13(18)9-16(22-2)17(12)21/h5-10,20-21H,3-4H2,1-2H3/b19-10+. The van der Waals surface area contributed by atoms with E-state index in [-0.39, 0.29) is 11.5 Å². The summed E-state index contributed by atoms with van der Waals surface area (Å²) in [6.45, 7) is 2.10. The van der Waals surface area contributed by atoms with Crippen LogP contribution in [0.1, 0.15) is 24.5 Å². The van der Waals surface area contributed by atoms with Crippen molar-refractivity contribution in [2.45, 2.75) is 19.8 Å². The maximum Gasteiger partial charge on any atom is 0.166 e. The first-order valence-corrected chi connectivity index (χ1v) is 7.77. The number of rotatable bonds is 5. The predicted molar refractivity (Wildman–Crippen MR) is 91.7 cm³/mol. The van der Waals surface area contributed by atoms with Gasteiger partial charge in [-0.05, 0) is 36.2 Å². The number of aryl methyl sites for hydroxylation is 1. The maximum atomic E-state index is 10.1. The average molecular weight is 364 g/mol. The van der Waals surface area contributed by atoms with Crippen LogP contribution in [0.2, 0.25) is 0 Å². The maximum absolute atomic E-state index is 10.1. The Bertz CT molecular complexity index is 699. The van der Waals surface area contributed by atoms with Gasteiger partial charge in [-0.15, -0.1) is 0 Å². The lowest BCUT2D eigenvalue weighted by molar-refractivity contribution is 0.373. The van der Waals surface area contributed by atoms with E-state index in [0.717, 1.165) is 22.9 Å². The Morgan fingerprint density at radius 1 is 1.23 bits per heavy atom. The minimum Gasteiger partial charge on any atom is -0.506 e. The topological polar surface area (TPSA) is 62.1 Å². The molecular formula is C17H18BrNO3. The number of benzene rings is 2. The molecule has 0 saturated heterocycles.